The molecule has 0 bridgehead atoms. The molecule has 1 amide bonds. The van der Waals surface area contributed by atoms with Gasteiger partial charge in [0.15, 0.2) is 0 Å². The van der Waals surface area contributed by atoms with E-state index in [2.05, 4.69) is 25.7 Å². The lowest BCUT2D eigenvalue weighted by Gasteiger charge is -2.13. The number of alkyl halides is 3. The van der Waals surface area contributed by atoms with Gasteiger partial charge in [0, 0.05) is 30.4 Å². The van der Waals surface area contributed by atoms with Gasteiger partial charge in [0.25, 0.3) is 11.6 Å². The molecule has 26 heavy (non-hydrogen) atoms. The third-order valence-corrected chi connectivity index (χ3v) is 4.61. The van der Waals surface area contributed by atoms with Crippen LogP contribution in [0.4, 0.5) is 13.2 Å². The zero-order chi connectivity index (χ0) is 18.9. The lowest BCUT2D eigenvalue weighted by Crippen LogP contribution is -2.37. The molecule has 2 N–H and O–H groups in total. The van der Waals surface area contributed by atoms with Crippen LogP contribution in [0, 0.1) is 13.8 Å². The monoisotopic (exact) mass is 370 g/mol. The third-order valence-electron chi connectivity index (χ3n) is 4.61. The topological polar surface area (TPSA) is 84.2 Å². The van der Waals surface area contributed by atoms with E-state index in [-0.39, 0.29) is 18.1 Å². The maximum absolute atomic E-state index is 12.8. The fraction of sp³-hybridized carbons (Fsp3) is 0.625. The molecule has 10 heteroatoms. The number of aryl methyl sites for hydroxylation is 2. The van der Waals surface area contributed by atoms with Crippen LogP contribution in [-0.4, -0.2) is 44.6 Å². The van der Waals surface area contributed by atoms with Crippen molar-refractivity contribution in [3.05, 3.63) is 22.8 Å². The molecule has 0 aliphatic carbocycles. The number of nitrogens with one attached hydrogen (secondary N) is 2. The average molecular weight is 370 g/mol. The van der Waals surface area contributed by atoms with Crippen LogP contribution in [0.1, 0.15) is 42.0 Å². The number of hydrogen-bond acceptors (Lipinski definition) is 5. The Balaban J connectivity index is 1.69. The summed E-state index contributed by atoms with van der Waals surface area (Å²) in [5.41, 5.74) is 1.78. The summed E-state index contributed by atoms with van der Waals surface area (Å²) < 4.78 is 39.5. The van der Waals surface area contributed by atoms with Gasteiger partial charge >= 0.3 is 6.18 Å². The van der Waals surface area contributed by atoms with E-state index in [4.69, 9.17) is 0 Å². The summed E-state index contributed by atoms with van der Waals surface area (Å²) in [6.45, 7) is 4.92. The number of halogens is 3. The van der Waals surface area contributed by atoms with Gasteiger partial charge in [-0.05, 0) is 45.2 Å². The predicted molar refractivity (Wildman–Crippen MR) is 87.6 cm³/mol. The third kappa shape index (κ3) is 3.95. The summed E-state index contributed by atoms with van der Waals surface area (Å²) in [7, 11) is 0. The van der Waals surface area contributed by atoms with Gasteiger partial charge in [-0.15, -0.1) is 5.10 Å². The van der Waals surface area contributed by atoms with Crippen LogP contribution in [0.2, 0.25) is 0 Å². The standard InChI is InChI=1S/C16H21F3N6O/c1-9-12(5-6-13(26)21-8-11-4-3-7-20-11)10(2)25-15(22-9)23-14(24-25)16(17,18)19/h11,20H,3-8H2,1-2H3,(H,21,26). The van der Waals surface area contributed by atoms with Gasteiger partial charge in [0.05, 0.1) is 0 Å². The molecule has 3 rings (SSSR count). The molecule has 1 saturated heterocycles. The van der Waals surface area contributed by atoms with E-state index in [1.165, 1.54) is 0 Å². The average Bonchev–Trinajstić information content (AvgIpc) is 3.21. The second-order valence-corrected chi connectivity index (χ2v) is 6.50. The predicted octanol–water partition coefficient (Wildman–Crippen LogP) is 1.56. The maximum atomic E-state index is 12.8. The number of amides is 1. The lowest BCUT2D eigenvalue weighted by molar-refractivity contribution is -0.144. The van der Waals surface area contributed by atoms with Crippen molar-refractivity contribution in [3.63, 3.8) is 0 Å². The smallest absolute Gasteiger partial charge is 0.355 e. The number of fused-ring (bicyclic) bond motifs is 1. The van der Waals surface area contributed by atoms with Crippen molar-refractivity contribution in [2.75, 3.05) is 13.1 Å². The van der Waals surface area contributed by atoms with Crippen molar-refractivity contribution < 1.29 is 18.0 Å². The Bertz CT molecular complexity index is 810. The van der Waals surface area contributed by atoms with Gasteiger partial charge in [-0.3, -0.25) is 4.79 Å². The van der Waals surface area contributed by atoms with Crippen LogP contribution in [-0.2, 0) is 17.4 Å². The van der Waals surface area contributed by atoms with E-state index in [0.717, 1.165) is 23.9 Å². The molecule has 142 valence electrons. The first-order chi connectivity index (χ1) is 12.3. The van der Waals surface area contributed by atoms with Gasteiger partial charge in [-0.25, -0.2) is 9.50 Å². The first-order valence-electron chi connectivity index (χ1n) is 8.56. The normalized spacial score (nSPS) is 17.8. The summed E-state index contributed by atoms with van der Waals surface area (Å²) in [4.78, 5) is 19.6. The summed E-state index contributed by atoms with van der Waals surface area (Å²) in [5.74, 6) is -1.40. The Morgan fingerprint density at radius 2 is 2.12 bits per heavy atom. The van der Waals surface area contributed by atoms with Crippen LogP contribution in [0.5, 0.6) is 0 Å². The number of carbonyl (C=O) groups is 1. The first kappa shape index (κ1) is 18.6. The van der Waals surface area contributed by atoms with E-state index < -0.39 is 12.0 Å². The minimum atomic E-state index is -4.62. The summed E-state index contributed by atoms with van der Waals surface area (Å²) in [6.07, 6.45) is -1.84. The fourth-order valence-corrected chi connectivity index (χ4v) is 3.19. The fourth-order valence-electron chi connectivity index (χ4n) is 3.19. The van der Waals surface area contributed by atoms with Crippen molar-refractivity contribution in [2.45, 2.75) is 51.7 Å². The number of aromatic nitrogens is 4. The number of carbonyl (C=O) groups excluding carboxylic acids is 1. The summed E-state index contributed by atoms with van der Waals surface area (Å²) in [5, 5.41) is 9.70. The van der Waals surface area contributed by atoms with Crippen LogP contribution in [0.15, 0.2) is 0 Å². The number of rotatable bonds is 5. The minimum Gasteiger partial charge on any atom is -0.355 e. The Labute approximate surface area is 148 Å². The van der Waals surface area contributed by atoms with Crippen LogP contribution >= 0.6 is 0 Å². The molecule has 0 radical (unpaired) electrons. The van der Waals surface area contributed by atoms with E-state index >= 15 is 0 Å². The van der Waals surface area contributed by atoms with Crippen molar-refractivity contribution in [2.24, 2.45) is 0 Å². The second-order valence-electron chi connectivity index (χ2n) is 6.50. The molecule has 0 spiro atoms. The van der Waals surface area contributed by atoms with Gasteiger partial charge in [0.1, 0.15) is 0 Å². The molecule has 3 heterocycles. The number of hydrogen-bond donors (Lipinski definition) is 2. The molecular formula is C16H21F3N6O. The van der Waals surface area contributed by atoms with E-state index in [1.54, 1.807) is 13.8 Å². The molecule has 7 nitrogen and oxygen atoms in total. The molecule has 1 aliphatic heterocycles. The van der Waals surface area contributed by atoms with E-state index in [9.17, 15) is 18.0 Å². The van der Waals surface area contributed by atoms with Crippen molar-refractivity contribution in [3.8, 4) is 0 Å². The first-order valence-corrected chi connectivity index (χ1v) is 8.56. The minimum absolute atomic E-state index is 0.0900. The highest BCUT2D eigenvalue weighted by Gasteiger charge is 2.36. The van der Waals surface area contributed by atoms with Gasteiger partial charge < -0.3 is 10.6 Å². The molecule has 2 aromatic rings. The van der Waals surface area contributed by atoms with Crippen molar-refractivity contribution in [1.82, 2.24) is 30.2 Å². The zero-order valence-electron chi connectivity index (χ0n) is 14.7. The molecular weight excluding hydrogens is 349 g/mol. The van der Waals surface area contributed by atoms with Crippen LogP contribution < -0.4 is 10.6 Å². The Hall–Kier alpha value is -2.23. The van der Waals surface area contributed by atoms with Crippen LogP contribution in [0.3, 0.4) is 0 Å². The van der Waals surface area contributed by atoms with Gasteiger partial charge in [-0.2, -0.15) is 18.2 Å². The van der Waals surface area contributed by atoms with E-state index in [1.807, 2.05) is 0 Å². The molecule has 2 aromatic heterocycles. The Kier molecular flexibility index (Phi) is 5.12. The molecule has 1 unspecified atom stereocenters. The Morgan fingerprint density at radius 3 is 2.77 bits per heavy atom. The molecule has 0 aromatic carbocycles. The summed E-state index contributed by atoms with van der Waals surface area (Å²) >= 11 is 0. The van der Waals surface area contributed by atoms with Gasteiger partial charge in [0.2, 0.25) is 5.91 Å². The highest BCUT2D eigenvalue weighted by Crippen LogP contribution is 2.27. The van der Waals surface area contributed by atoms with Crippen molar-refractivity contribution in [1.29, 1.82) is 0 Å². The zero-order valence-corrected chi connectivity index (χ0v) is 14.7. The van der Waals surface area contributed by atoms with Gasteiger partial charge in [-0.1, -0.05) is 0 Å². The highest BCUT2D eigenvalue weighted by molar-refractivity contribution is 5.76. The molecule has 0 saturated carbocycles. The quantitative estimate of drug-likeness (QED) is 0.835. The van der Waals surface area contributed by atoms with Crippen LogP contribution in [0.25, 0.3) is 5.78 Å². The van der Waals surface area contributed by atoms with Crippen molar-refractivity contribution >= 4 is 11.7 Å². The molecule has 1 aliphatic rings. The SMILES string of the molecule is Cc1nc2nc(C(F)(F)F)nn2c(C)c1CCC(=O)NCC1CCCN1. The maximum Gasteiger partial charge on any atom is 0.453 e. The largest absolute Gasteiger partial charge is 0.453 e. The van der Waals surface area contributed by atoms with E-state index in [0.29, 0.717) is 36.0 Å². The molecule has 1 fully saturated rings. The highest BCUT2D eigenvalue weighted by atomic mass is 19.4. The molecule has 1 atom stereocenters. The lowest BCUT2D eigenvalue weighted by atomic mass is 10.1. The number of nitrogens with zero attached hydrogens (tertiary/aromatic N) is 4. The summed E-state index contributed by atoms with van der Waals surface area (Å²) in [6, 6.07) is 0.316. The second kappa shape index (κ2) is 7.18. The Morgan fingerprint density at radius 1 is 1.35 bits per heavy atom.